The van der Waals surface area contributed by atoms with Gasteiger partial charge in [-0.25, -0.2) is 0 Å². The molecule has 0 amide bonds. The second-order valence-electron chi connectivity index (χ2n) is 5.70. The molecule has 0 fully saturated rings. The van der Waals surface area contributed by atoms with Gasteiger partial charge >= 0.3 is 11.3 Å². The first-order chi connectivity index (χ1) is 12.5. The summed E-state index contributed by atoms with van der Waals surface area (Å²) in [5.74, 6) is 0.155. The smallest absolute Gasteiger partial charge is 0.325 e. The Bertz CT molecular complexity index is 1090. The van der Waals surface area contributed by atoms with E-state index in [1.165, 1.54) is 11.8 Å². The highest BCUT2D eigenvalue weighted by Gasteiger charge is 2.38. The number of benzene rings is 2. The molecule has 0 spiro atoms. The van der Waals surface area contributed by atoms with Gasteiger partial charge in [0.2, 0.25) is 5.16 Å². The molecule has 1 atom stereocenters. The number of halogens is 2. The molecule has 0 aliphatic carbocycles. The number of hydrogen-bond donors (Lipinski definition) is 3. The molecule has 0 bridgehead atoms. The predicted octanol–water partition coefficient (Wildman–Crippen LogP) is 3.65. The highest BCUT2D eigenvalue weighted by atomic mass is 79.9. The molecular formula is C17H13Br2N4O2S+. The summed E-state index contributed by atoms with van der Waals surface area (Å²) in [6, 6.07) is 11.0. The minimum atomic E-state index is -0.385. The zero-order chi connectivity index (χ0) is 18.4. The van der Waals surface area contributed by atoms with Crippen LogP contribution >= 0.6 is 43.6 Å². The Morgan fingerprint density at radius 2 is 2.04 bits per heavy atom. The molecule has 3 aromatic rings. The van der Waals surface area contributed by atoms with Crippen LogP contribution in [0.25, 0.3) is 11.3 Å². The number of phenolic OH excluding ortho intramolecular Hbond substituents is 1. The second kappa shape index (κ2) is 6.71. The molecule has 1 aliphatic heterocycles. The Balaban J connectivity index is 1.99. The van der Waals surface area contributed by atoms with Crippen molar-refractivity contribution in [1.29, 1.82) is 0 Å². The van der Waals surface area contributed by atoms with Gasteiger partial charge in [0.05, 0.1) is 15.7 Å². The number of rotatable bonds is 2. The lowest BCUT2D eigenvalue weighted by atomic mass is 10.0. The van der Waals surface area contributed by atoms with E-state index in [9.17, 15) is 9.90 Å². The second-order valence-corrected chi connectivity index (χ2v) is 8.27. The third-order valence-electron chi connectivity index (χ3n) is 4.12. The lowest BCUT2D eigenvalue weighted by Gasteiger charge is -2.22. The first-order valence-corrected chi connectivity index (χ1v) is 10.4. The molecular weight excluding hydrogens is 484 g/mol. The Kier molecular flexibility index (Phi) is 4.54. The number of anilines is 1. The number of thioether (sulfide) groups is 1. The summed E-state index contributed by atoms with van der Waals surface area (Å²) in [5.41, 5.74) is 2.75. The number of phenols is 1. The maximum absolute atomic E-state index is 12.8. The van der Waals surface area contributed by atoms with Crippen molar-refractivity contribution in [2.24, 2.45) is 0 Å². The van der Waals surface area contributed by atoms with Crippen LogP contribution in [0.3, 0.4) is 0 Å². The third-order valence-corrected chi connectivity index (χ3v) is 5.82. The van der Waals surface area contributed by atoms with E-state index in [0.717, 1.165) is 21.3 Å². The normalized spacial score (nSPS) is 15.1. The van der Waals surface area contributed by atoms with Gasteiger partial charge in [0, 0.05) is 15.1 Å². The number of H-pyrrole nitrogens is 1. The van der Waals surface area contributed by atoms with Crippen LogP contribution < -0.4 is 15.6 Å². The van der Waals surface area contributed by atoms with Gasteiger partial charge < -0.3 is 10.4 Å². The van der Waals surface area contributed by atoms with Gasteiger partial charge in [0.15, 0.2) is 0 Å². The molecule has 0 saturated carbocycles. The van der Waals surface area contributed by atoms with E-state index >= 15 is 0 Å². The number of fused-ring (bicyclic) bond motifs is 3. The highest BCUT2D eigenvalue weighted by Crippen LogP contribution is 2.35. The number of aromatic hydroxyl groups is 1. The number of aromatic amines is 1. The van der Waals surface area contributed by atoms with Crippen LogP contribution in [0.5, 0.6) is 5.75 Å². The van der Waals surface area contributed by atoms with E-state index in [-0.39, 0.29) is 17.5 Å². The quantitative estimate of drug-likeness (QED) is 0.372. The van der Waals surface area contributed by atoms with Gasteiger partial charge in [-0.15, -0.1) is 0 Å². The minimum Gasteiger partial charge on any atom is -0.507 e. The van der Waals surface area contributed by atoms with E-state index in [2.05, 4.69) is 47.3 Å². The zero-order valence-electron chi connectivity index (χ0n) is 13.5. The van der Waals surface area contributed by atoms with Crippen LogP contribution in [0.15, 0.2) is 55.3 Å². The molecule has 2 heterocycles. The Labute approximate surface area is 169 Å². The molecule has 1 aliphatic rings. The molecule has 0 radical (unpaired) electrons. The molecule has 0 saturated heterocycles. The summed E-state index contributed by atoms with van der Waals surface area (Å²) in [6.07, 6.45) is 1.47. The van der Waals surface area contributed by atoms with Crippen LogP contribution in [0, 0.1) is 0 Å². The first kappa shape index (κ1) is 17.6. The number of nitrogens with zero attached hydrogens (tertiary/aromatic N) is 2. The zero-order valence-corrected chi connectivity index (χ0v) is 17.4. The third kappa shape index (κ3) is 2.93. The summed E-state index contributed by atoms with van der Waals surface area (Å²) in [5, 5.41) is 18.4. The first-order valence-electron chi connectivity index (χ1n) is 7.63. The summed E-state index contributed by atoms with van der Waals surface area (Å²) in [7, 11) is 0. The van der Waals surface area contributed by atoms with Gasteiger partial charge in [-0.05, 0) is 63.3 Å². The van der Waals surface area contributed by atoms with E-state index in [0.29, 0.717) is 15.3 Å². The SMILES string of the molecule is CSc1n[n+]2c(c(=O)[nH]1)-c1cc(Br)ccc1N[C@H]2c1ccc(O)c(Br)c1. The van der Waals surface area contributed by atoms with E-state index in [1.54, 1.807) is 16.8 Å². The Hall–Kier alpha value is -1.84. The fourth-order valence-electron chi connectivity index (χ4n) is 2.92. The van der Waals surface area contributed by atoms with Crippen molar-refractivity contribution in [2.45, 2.75) is 11.3 Å². The van der Waals surface area contributed by atoms with Gasteiger partial charge in [-0.3, -0.25) is 9.78 Å². The molecule has 4 rings (SSSR count). The van der Waals surface area contributed by atoms with Gasteiger partial charge in [-0.2, -0.15) is 0 Å². The van der Waals surface area contributed by atoms with Crippen molar-refractivity contribution in [3.8, 4) is 17.0 Å². The van der Waals surface area contributed by atoms with Gasteiger partial charge in [-0.1, -0.05) is 27.7 Å². The summed E-state index contributed by atoms with van der Waals surface area (Å²) in [4.78, 5) is 15.6. The molecule has 3 N–H and O–H groups in total. The minimum absolute atomic E-state index is 0.155. The fourth-order valence-corrected chi connectivity index (χ4v) is 4.04. The monoisotopic (exact) mass is 495 g/mol. The molecule has 2 aromatic carbocycles. The Morgan fingerprint density at radius 1 is 1.23 bits per heavy atom. The molecule has 0 unspecified atom stereocenters. The van der Waals surface area contributed by atoms with E-state index in [4.69, 9.17) is 0 Å². The molecule has 1 aromatic heterocycles. The van der Waals surface area contributed by atoms with Crippen LogP contribution in [-0.4, -0.2) is 21.4 Å². The number of hydrogen-bond acceptors (Lipinski definition) is 5. The van der Waals surface area contributed by atoms with Crippen molar-refractivity contribution >= 4 is 49.3 Å². The van der Waals surface area contributed by atoms with E-state index < -0.39 is 0 Å². The van der Waals surface area contributed by atoms with Crippen LogP contribution in [0.4, 0.5) is 5.69 Å². The summed E-state index contributed by atoms with van der Waals surface area (Å²) >= 11 is 8.18. The van der Waals surface area contributed by atoms with Crippen molar-refractivity contribution in [1.82, 2.24) is 10.1 Å². The van der Waals surface area contributed by atoms with Crippen LogP contribution in [0.2, 0.25) is 0 Å². The van der Waals surface area contributed by atoms with Crippen LogP contribution in [0.1, 0.15) is 11.7 Å². The standard InChI is InChI=1S/C17H12Br2N4O2S/c1-26-17-21-16(25)14-10-7-9(18)3-4-12(10)20-15(23(14)22-17)8-2-5-13(24)11(19)6-8/h2-7,15H,1H3,(H2,21,22,24,25)/p+1/t15-/m1/s1. The lowest BCUT2D eigenvalue weighted by molar-refractivity contribution is -0.759. The largest absolute Gasteiger partial charge is 0.507 e. The molecule has 6 nitrogen and oxygen atoms in total. The van der Waals surface area contributed by atoms with Crippen molar-refractivity contribution < 1.29 is 9.79 Å². The number of aromatic nitrogens is 3. The van der Waals surface area contributed by atoms with Crippen molar-refractivity contribution in [3.63, 3.8) is 0 Å². The maximum atomic E-state index is 12.8. The number of nitrogens with one attached hydrogen (secondary N) is 2. The lowest BCUT2D eigenvalue weighted by Crippen LogP contribution is -2.55. The predicted molar refractivity (Wildman–Crippen MR) is 108 cm³/mol. The molecule has 132 valence electrons. The molecule has 9 heteroatoms. The average molecular weight is 497 g/mol. The Morgan fingerprint density at radius 3 is 2.77 bits per heavy atom. The highest BCUT2D eigenvalue weighted by molar-refractivity contribution is 9.10. The maximum Gasteiger partial charge on any atom is 0.325 e. The van der Waals surface area contributed by atoms with E-state index in [1.807, 2.05) is 30.5 Å². The summed E-state index contributed by atoms with van der Waals surface area (Å²) in [6.45, 7) is 0. The van der Waals surface area contributed by atoms with Gasteiger partial charge in [0.25, 0.3) is 6.17 Å². The van der Waals surface area contributed by atoms with Crippen molar-refractivity contribution in [2.75, 3.05) is 11.6 Å². The topological polar surface area (TPSA) is 81.9 Å². The van der Waals surface area contributed by atoms with Gasteiger partial charge in [0.1, 0.15) is 5.75 Å². The summed E-state index contributed by atoms with van der Waals surface area (Å²) < 4.78 is 3.15. The average Bonchev–Trinajstić information content (AvgIpc) is 2.63. The fraction of sp³-hybridized carbons (Fsp3) is 0.118. The van der Waals surface area contributed by atoms with Crippen LogP contribution in [-0.2, 0) is 0 Å². The molecule has 26 heavy (non-hydrogen) atoms. The van der Waals surface area contributed by atoms with Crippen molar-refractivity contribution in [3.05, 3.63) is 61.3 Å².